The number of carbonyl (C=O) groups is 1. The third-order valence-corrected chi connectivity index (χ3v) is 7.82. The third kappa shape index (κ3) is 4.74. The number of aromatic nitrogens is 6. The summed E-state index contributed by atoms with van der Waals surface area (Å²) >= 11 is 3.62. The number of nitrogens with two attached hydrogens (primary N) is 1. The number of rotatable bonds is 7. The standard InChI is InChI=1S/C25H33BrN10O/c1-16(2)25(27,24(37)28-8-9-35-12-10-33(3)11-13-35)23-30-20-18(6-5-7-19(20)26)22-31-21(32-36(22)23)17-14-29-34(4)15-17/h5-7,14-16H,8-13,27H2,1-4H3,(H,28,37)/t25-/m0/s1. The molecular weight excluding hydrogens is 536 g/mol. The lowest BCUT2D eigenvalue weighted by molar-refractivity contribution is -0.128. The summed E-state index contributed by atoms with van der Waals surface area (Å²) in [5, 5.41) is 12.9. The highest BCUT2D eigenvalue weighted by Gasteiger charge is 2.44. The van der Waals surface area contributed by atoms with Gasteiger partial charge in [-0.1, -0.05) is 19.9 Å². The van der Waals surface area contributed by atoms with E-state index in [4.69, 9.17) is 20.8 Å². The maximum absolute atomic E-state index is 13.8. The fourth-order valence-corrected chi connectivity index (χ4v) is 5.15. The first-order chi connectivity index (χ1) is 17.7. The fourth-order valence-electron chi connectivity index (χ4n) is 4.69. The van der Waals surface area contributed by atoms with Gasteiger partial charge in [0, 0.05) is 62.4 Å². The van der Waals surface area contributed by atoms with E-state index in [1.807, 2.05) is 45.3 Å². The van der Waals surface area contributed by atoms with Crippen molar-refractivity contribution in [2.45, 2.75) is 19.4 Å². The van der Waals surface area contributed by atoms with Crippen LogP contribution < -0.4 is 11.1 Å². The van der Waals surface area contributed by atoms with E-state index in [0.29, 0.717) is 29.4 Å². The third-order valence-electron chi connectivity index (χ3n) is 7.18. The highest BCUT2D eigenvalue weighted by Crippen LogP contribution is 2.32. The maximum Gasteiger partial charge on any atom is 0.248 e. The zero-order valence-electron chi connectivity index (χ0n) is 21.6. The second-order valence-electron chi connectivity index (χ2n) is 10.1. The van der Waals surface area contributed by atoms with Crippen molar-refractivity contribution in [3.63, 3.8) is 0 Å². The first kappa shape index (κ1) is 25.7. The van der Waals surface area contributed by atoms with E-state index in [1.165, 1.54) is 0 Å². The van der Waals surface area contributed by atoms with E-state index in [1.54, 1.807) is 15.4 Å². The lowest BCUT2D eigenvalue weighted by Crippen LogP contribution is -2.57. The van der Waals surface area contributed by atoms with Crippen molar-refractivity contribution in [2.75, 3.05) is 46.3 Å². The molecule has 0 spiro atoms. The van der Waals surface area contributed by atoms with E-state index >= 15 is 0 Å². The van der Waals surface area contributed by atoms with Crippen LogP contribution in [0.1, 0.15) is 19.7 Å². The molecule has 1 saturated heterocycles. The molecule has 1 fully saturated rings. The van der Waals surface area contributed by atoms with Crippen molar-refractivity contribution in [1.82, 2.24) is 44.5 Å². The lowest BCUT2D eigenvalue weighted by Gasteiger charge is -2.34. The molecule has 1 atom stereocenters. The van der Waals surface area contributed by atoms with Crippen molar-refractivity contribution >= 4 is 38.4 Å². The molecule has 4 heterocycles. The molecule has 0 saturated carbocycles. The van der Waals surface area contributed by atoms with Gasteiger partial charge in [-0.15, -0.1) is 5.10 Å². The SMILES string of the molecule is CC(C)[C@@](N)(C(=O)NCCN1CCN(C)CC1)c1nc2c(Br)cccc2c2nc(-c3cnn(C)c3)nn12. The Hall–Kier alpha value is -2.93. The first-order valence-corrected chi connectivity index (χ1v) is 13.3. The molecular formula is C25H33BrN10O. The van der Waals surface area contributed by atoms with Gasteiger partial charge in [0.25, 0.3) is 0 Å². The van der Waals surface area contributed by atoms with Crippen LogP contribution in [0.5, 0.6) is 0 Å². The second-order valence-corrected chi connectivity index (χ2v) is 10.9. The number of nitrogens with zero attached hydrogens (tertiary/aromatic N) is 8. The summed E-state index contributed by atoms with van der Waals surface area (Å²) in [7, 11) is 3.97. The Morgan fingerprint density at radius 1 is 1.19 bits per heavy atom. The van der Waals surface area contributed by atoms with Crippen LogP contribution in [0.25, 0.3) is 27.9 Å². The molecule has 0 aliphatic carbocycles. The molecule has 12 heteroatoms. The first-order valence-electron chi connectivity index (χ1n) is 12.5. The Bertz CT molecular complexity index is 1440. The van der Waals surface area contributed by atoms with E-state index in [0.717, 1.165) is 48.1 Å². The Labute approximate surface area is 224 Å². The number of hydrogen-bond acceptors (Lipinski definition) is 8. The van der Waals surface area contributed by atoms with Gasteiger partial charge in [0.05, 0.1) is 17.3 Å². The zero-order valence-corrected chi connectivity index (χ0v) is 23.2. The summed E-state index contributed by atoms with van der Waals surface area (Å²) < 4.78 is 4.11. The van der Waals surface area contributed by atoms with Crippen molar-refractivity contribution in [1.29, 1.82) is 0 Å². The smallest absolute Gasteiger partial charge is 0.248 e. The zero-order chi connectivity index (χ0) is 26.3. The number of likely N-dealkylation sites (N-methyl/N-ethyl adjacent to an activating group) is 1. The Morgan fingerprint density at radius 3 is 2.62 bits per heavy atom. The monoisotopic (exact) mass is 568 g/mol. The van der Waals surface area contributed by atoms with E-state index in [2.05, 4.69) is 43.2 Å². The fraction of sp³-hybridized carbons (Fsp3) is 0.480. The minimum absolute atomic E-state index is 0.266. The predicted octanol–water partition coefficient (Wildman–Crippen LogP) is 1.61. The summed E-state index contributed by atoms with van der Waals surface area (Å²) in [5.74, 6) is 0.287. The summed E-state index contributed by atoms with van der Waals surface area (Å²) in [6, 6.07) is 5.78. The number of piperazine rings is 1. The van der Waals surface area contributed by atoms with Crippen LogP contribution in [0.2, 0.25) is 0 Å². The minimum Gasteiger partial charge on any atom is -0.353 e. The van der Waals surface area contributed by atoms with Crippen LogP contribution in [0.15, 0.2) is 35.1 Å². The predicted molar refractivity (Wildman–Crippen MR) is 146 cm³/mol. The molecule has 1 aromatic carbocycles. The number of amides is 1. The van der Waals surface area contributed by atoms with E-state index in [9.17, 15) is 4.79 Å². The average Bonchev–Trinajstić information content (AvgIpc) is 3.51. The van der Waals surface area contributed by atoms with E-state index in [-0.39, 0.29) is 11.8 Å². The highest BCUT2D eigenvalue weighted by atomic mass is 79.9. The van der Waals surface area contributed by atoms with Crippen LogP contribution in [0.4, 0.5) is 0 Å². The van der Waals surface area contributed by atoms with Gasteiger partial charge in [0.15, 0.2) is 22.8 Å². The van der Waals surface area contributed by atoms with Gasteiger partial charge in [0.1, 0.15) is 0 Å². The van der Waals surface area contributed by atoms with Crippen LogP contribution in [-0.2, 0) is 17.4 Å². The van der Waals surface area contributed by atoms with Gasteiger partial charge in [-0.25, -0.2) is 9.97 Å². The molecule has 196 valence electrons. The second kappa shape index (κ2) is 10.1. The highest BCUT2D eigenvalue weighted by molar-refractivity contribution is 9.10. The van der Waals surface area contributed by atoms with Crippen LogP contribution >= 0.6 is 15.9 Å². The molecule has 37 heavy (non-hydrogen) atoms. The Balaban J connectivity index is 1.55. The van der Waals surface area contributed by atoms with Gasteiger partial charge in [-0.2, -0.15) is 9.61 Å². The average molecular weight is 570 g/mol. The molecule has 1 amide bonds. The number of para-hydroxylation sites is 1. The Kier molecular flexibility index (Phi) is 7.01. The summed E-state index contributed by atoms with van der Waals surface area (Å²) in [5.41, 5.74) is 7.57. The lowest BCUT2D eigenvalue weighted by atomic mass is 9.85. The van der Waals surface area contributed by atoms with Crippen LogP contribution in [-0.4, -0.2) is 91.4 Å². The van der Waals surface area contributed by atoms with E-state index < -0.39 is 5.54 Å². The maximum atomic E-state index is 13.8. The van der Waals surface area contributed by atoms with Gasteiger partial charge < -0.3 is 16.0 Å². The molecule has 4 aromatic rings. The quantitative estimate of drug-likeness (QED) is 0.345. The number of benzene rings is 1. The number of aryl methyl sites for hydroxylation is 1. The topological polar surface area (TPSA) is 123 Å². The number of carbonyl (C=O) groups excluding carboxylic acids is 1. The van der Waals surface area contributed by atoms with Gasteiger partial charge in [-0.05, 0) is 41.0 Å². The van der Waals surface area contributed by atoms with Crippen LogP contribution in [0.3, 0.4) is 0 Å². The molecule has 1 aliphatic heterocycles. The minimum atomic E-state index is -1.44. The normalized spacial score (nSPS) is 17.1. The number of nitrogens with one attached hydrogen (secondary N) is 1. The van der Waals surface area contributed by atoms with Crippen molar-refractivity contribution < 1.29 is 4.79 Å². The molecule has 1 aliphatic rings. The van der Waals surface area contributed by atoms with Crippen molar-refractivity contribution in [3.8, 4) is 11.4 Å². The number of hydrogen-bond donors (Lipinski definition) is 2. The summed E-state index contributed by atoms with van der Waals surface area (Å²) in [4.78, 5) is 28.2. The molecule has 3 N–H and O–H groups in total. The molecule has 0 unspecified atom stereocenters. The summed E-state index contributed by atoms with van der Waals surface area (Å²) in [6.45, 7) is 9.16. The summed E-state index contributed by atoms with van der Waals surface area (Å²) in [6.07, 6.45) is 3.56. The number of fused-ring (bicyclic) bond motifs is 3. The van der Waals surface area contributed by atoms with Crippen LogP contribution in [0, 0.1) is 5.92 Å². The van der Waals surface area contributed by atoms with Crippen molar-refractivity contribution in [3.05, 3.63) is 40.9 Å². The largest absolute Gasteiger partial charge is 0.353 e. The number of halogens is 1. The van der Waals surface area contributed by atoms with Gasteiger partial charge >= 0.3 is 0 Å². The molecule has 5 rings (SSSR count). The molecule has 0 radical (unpaired) electrons. The molecule has 0 bridgehead atoms. The van der Waals surface area contributed by atoms with Gasteiger partial charge in [-0.3, -0.25) is 14.4 Å². The molecule has 11 nitrogen and oxygen atoms in total. The van der Waals surface area contributed by atoms with Crippen molar-refractivity contribution in [2.24, 2.45) is 18.7 Å². The van der Waals surface area contributed by atoms with Gasteiger partial charge in [0.2, 0.25) is 5.91 Å². The molecule has 3 aromatic heterocycles. The Morgan fingerprint density at radius 2 is 1.95 bits per heavy atom.